The van der Waals surface area contributed by atoms with Crippen molar-refractivity contribution >= 4 is 33.4 Å². The molecule has 0 radical (unpaired) electrons. The van der Waals surface area contributed by atoms with E-state index in [0.717, 1.165) is 49.9 Å². The van der Waals surface area contributed by atoms with Gasteiger partial charge in [0.25, 0.3) is 0 Å². The van der Waals surface area contributed by atoms with Crippen LogP contribution in [0.4, 0.5) is 13.2 Å². The lowest BCUT2D eigenvalue weighted by atomic mass is 10.1. The molecule has 5 nitrogen and oxygen atoms in total. The molecule has 0 aliphatic rings. The van der Waals surface area contributed by atoms with Gasteiger partial charge in [-0.1, -0.05) is 39.0 Å². The average Bonchev–Trinajstić information content (AvgIpc) is 3.10. The number of fused-ring (bicyclic) bond motifs is 1. The molecule has 0 spiro atoms. The number of carbonyl (C=O) groups excluding carboxylic acids is 1. The van der Waals surface area contributed by atoms with Crippen molar-refractivity contribution in [3.8, 4) is 0 Å². The molecular weight excluding hydrogens is 405 g/mol. The lowest BCUT2D eigenvalue weighted by Crippen LogP contribution is -2.31. The number of aliphatic carboxylic acids is 1. The van der Waals surface area contributed by atoms with Crippen LogP contribution in [0.25, 0.3) is 10.2 Å². The first-order valence-corrected chi connectivity index (χ1v) is 10.6. The molecule has 1 amide bonds. The number of amides is 1. The Morgan fingerprint density at radius 2 is 1.76 bits per heavy atom. The number of carboxylic acid groups (broad SMARTS) is 1. The van der Waals surface area contributed by atoms with Crippen LogP contribution in [0.5, 0.6) is 0 Å². The van der Waals surface area contributed by atoms with Crippen molar-refractivity contribution in [1.29, 1.82) is 0 Å². The summed E-state index contributed by atoms with van der Waals surface area (Å²) in [5.41, 5.74) is -0.389. The second-order valence-electron chi connectivity index (χ2n) is 6.92. The SMILES string of the molecule is CCCCCCCCN(Cc1nc2c(F)c(F)cc(F)c2s1)C(=O)CCC(=O)O. The number of benzene rings is 1. The predicted octanol–water partition coefficient (Wildman–Crippen LogP) is 5.27. The van der Waals surface area contributed by atoms with Crippen molar-refractivity contribution in [3.05, 3.63) is 28.5 Å². The minimum atomic E-state index is -1.31. The van der Waals surface area contributed by atoms with E-state index in [4.69, 9.17) is 5.11 Å². The van der Waals surface area contributed by atoms with E-state index in [1.807, 2.05) is 0 Å². The lowest BCUT2D eigenvalue weighted by Gasteiger charge is -2.21. The number of thiazole rings is 1. The summed E-state index contributed by atoms with van der Waals surface area (Å²) in [6.45, 7) is 2.53. The number of aromatic nitrogens is 1. The Kier molecular flexibility index (Phi) is 8.88. The van der Waals surface area contributed by atoms with E-state index in [1.54, 1.807) is 0 Å². The standard InChI is InChI=1S/C20H25F3N2O3S/c1-2-3-4-5-6-7-10-25(16(26)8-9-17(27)28)12-15-24-19-18(23)13(21)11-14(22)20(19)29-15/h11H,2-10,12H2,1H3,(H,27,28). The van der Waals surface area contributed by atoms with Gasteiger partial charge in [0, 0.05) is 19.0 Å². The number of halogens is 3. The summed E-state index contributed by atoms with van der Waals surface area (Å²) in [6, 6.07) is 0.478. The summed E-state index contributed by atoms with van der Waals surface area (Å²) >= 11 is 0.864. The van der Waals surface area contributed by atoms with Crippen LogP contribution in [0.1, 0.15) is 63.3 Å². The van der Waals surface area contributed by atoms with Crippen molar-refractivity contribution in [2.75, 3.05) is 6.54 Å². The van der Waals surface area contributed by atoms with E-state index in [1.165, 1.54) is 4.90 Å². The van der Waals surface area contributed by atoms with Crippen LogP contribution in [-0.2, 0) is 16.1 Å². The fourth-order valence-electron chi connectivity index (χ4n) is 3.01. The molecule has 160 valence electrons. The van der Waals surface area contributed by atoms with Gasteiger partial charge in [-0.05, 0) is 6.42 Å². The summed E-state index contributed by atoms with van der Waals surface area (Å²) in [5, 5.41) is 9.09. The van der Waals surface area contributed by atoms with Crippen LogP contribution in [0.2, 0.25) is 0 Å². The van der Waals surface area contributed by atoms with E-state index in [0.29, 0.717) is 12.6 Å². The Labute approximate surface area is 171 Å². The topological polar surface area (TPSA) is 70.5 Å². The van der Waals surface area contributed by atoms with Crippen LogP contribution in [0.3, 0.4) is 0 Å². The summed E-state index contributed by atoms with van der Waals surface area (Å²) in [6.07, 6.45) is 5.66. The molecule has 0 unspecified atom stereocenters. The highest BCUT2D eigenvalue weighted by Crippen LogP contribution is 2.29. The first-order chi connectivity index (χ1) is 13.8. The zero-order valence-electron chi connectivity index (χ0n) is 16.3. The molecule has 1 aromatic carbocycles. The van der Waals surface area contributed by atoms with Crippen LogP contribution >= 0.6 is 11.3 Å². The van der Waals surface area contributed by atoms with Gasteiger partial charge >= 0.3 is 5.97 Å². The predicted molar refractivity (Wildman–Crippen MR) is 105 cm³/mol. The van der Waals surface area contributed by atoms with Gasteiger partial charge in [-0.2, -0.15) is 0 Å². The second-order valence-corrected chi connectivity index (χ2v) is 8.00. The van der Waals surface area contributed by atoms with Crippen LogP contribution < -0.4 is 0 Å². The number of rotatable bonds is 12. The van der Waals surface area contributed by atoms with E-state index < -0.39 is 23.4 Å². The van der Waals surface area contributed by atoms with Gasteiger partial charge in [0.05, 0.1) is 17.7 Å². The normalized spacial score (nSPS) is 11.2. The first-order valence-electron chi connectivity index (χ1n) is 9.76. The molecule has 1 N–H and O–H groups in total. The molecule has 0 saturated heterocycles. The van der Waals surface area contributed by atoms with Gasteiger partial charge in [-0.25, -0.2) is 18.2 Å². The fourth-order valence-corrected chi connectivity index (χ4v) is 3.99. The van der Waals surface area contributed by atoms with E-state index >= 15 is 0 Å². The van der Waals surface area contributed by atoms with E-state index in [2.05, 4.69) is 11.9 Å². The van der Waals surface area contributed by atoms with Gasteiger partial charge in [-0.15, -0.1) is 11.3 Å². The Morgan fingerprint density at radius 3 is 2.45 bits per heavy atom. The first kappa shape index (κ1) is 23.1. The average molecular weight is 430 g/mol. The van der Waals surface area contributed by atoms with Crippen molar-refractivity contribution in [2.45, 2.75) is 64.8 Å². The quantitative estimate of drug-likeness (QED) is 0.368. The van der Waals surface area contributed by atoms with Crippen molar-refractivity contribution in [3.63, 3.8) is 0 Å². The van der Waals surface area contributed by atoms with Gasteiger partial charge in [0.15, 0.2) is 11.6 Å². The van der Waals surface area contributed by atoms with Gasteiger partial charge in [0.2, 0.25) is 5.91 Å². The Bertz CT molecular complexity index is 857. The largest absolute Gasteiger partial charge is 0.481 e. The molecule has 0 atom stereocenters. The highest BCUT2D eigenvalue weighted by atomic mass is 32.1. The molecule has 0 bridgehead atoms. The Hall–Kier alpha value is -2.16. The Balaban J connectivity index is 2.10. The molecule has 2 rings (SSSR count). The van der Waals surface area contributed by atoms with Gasteiger partial charge in [-0.3, -0.25) is 9.59 Å². The summed E-state index contributed by atoms with van der Waals surface area (Å²) in [5.74, 6) is -4.86. The maximum atomic E-state index is 13.9. The van der Waals surface area contributed by atoms with Crippen molar-refractivity contribution in [2.24, 2.45) is 0 Å². The van der Waals surface area contributed by atoms with Crippen LogP contribution in [0, 0.1) is 17.5 Å². The van der Waals surface area contributed by atoms with Crippen LogP contribution in [0.15, 0.2) is 6.07 Å². The third kappa shape index (κ3) is 6.69. The molecule has 0 aliphatic heterocycles. The number of carbonyl (C=O) groups is 2. The molecule has 0 fully saturated rings. The summed E-state index contributed by atoms with van der Waals surface area (Å²) in [4.78, 5) is 28.7. The van der Waals surface area contributed by atoms with Crippen molar-refractivity contribution < 1.29 is 27.9 Å². The summed E-state index contributed by atoms with van der Waals surface area (Å²) in [7, 11) is 0. The molecule has 2 aromatic rings. The Morgan fingerprint density at radius 1 is 1.07 bits per heavy atom. The minimum absolute atomic E-state index is 0.00720. The zero-order valence-corrected chi connectivity index (χ0v) is 17.2. The highest BCUT2D eigenvalue weighted by molar-refractivity contribution is 7.18. The smallest absolute Gasteiger partial charge is 0.303 e. The third-order valence-corrected chi connectivity index (χ3v) is 5.62. The molecular formula is C20H25F3N2O3S. The van der Waals surface area contributed by atoms with Crippen molar-refractivity contribution in [1.82, 2.24) is 9.88 Å². The second kappa shape index (κ2) is 11.1. The van der Waals surface area contributed by atoms with Crippen LogP contribution in [-0.4, -0.2) is 33.4 Å². The maximum absolute atomic E-state index is 13.9. The van der Waals surface area contributed by atoms with E-state index in [9.17, 15) is 22.8 Å². The third-order valence-electron chi connectivity index (χ3n) is 4.57. The van der Waals surface area contributed by atoms with E-state index in [-0.39, 0.29) is 40.5 Å². The number of hydrogen-bond acceptors (Lipinski definition) is 4. The minimum Gasteiger partial charge on any atom is -0.481 e. The zero-order chi connectivity index (χ0) is 21.4. The van der Waals surface area contributed by atoms with Gasteiger partial charge in [0.1, 0.15) is 16.3 Å². The molecule has 1 aromatic heterocycles. The number of hydrogen-bond donors (Lipinski definition) is 1. The fraction of sp³-hybridized carbons (Fsp3) is 0.550. The monoisotopic (exact) mass is 430 g/mol. The number of carboxylic acids is 1. The van der Waals surface area contributed by atoms with Gasteiger partial charge < -0.3 is 10.0 Å². The lowest BCUT2D eigenvalue weighted by molar-refractivity contribution is -0.141. The molecule has 9 heteroatoms. The number of nitrogens with zero attached hydrogens (tertiary/aromatic N) is 2. The molecule has 0 aliphatic carbocycles. The molecule has 29 heavy (non-hydrogen) atoms. The summed E-state index contributed by atoms with van der Waals surface area (Å²) < 4.78 is 41.1. The number of unbranched alkanes of at least 4 members (excludes halogenated alkanes) is 5. The molecule has 1 heterocycles. The molecule has 0 saturated carbocycles. The highest BCUT2D eigenvalue weighted by Gasteiger charge is 2.21. The maximum Gasteiger partial charge on any atom is 0.303 e.